The molecule has 0 fully saturated rings. The van der Waals surface area contributed by atoms with Crippen molar-refractivity contribution in [2.45, 2.75) is 26.2 Å². The minimum Gasteiger partial charge on any atom is -0.482 e. The van der Waals surface area contributed by atoms with E-state index in [0.29, 0.717) is 5.75 Å². The van der Waals surface area contributed by atoms with Gasteiger partial charge in [-0.2, -0.15) is 0 Å². The van der Waals surface area contributed by atoms with Crippen LogP contribution >= 0.6 is 0 Å². The molecule has 16 heavy (non-hydrogen) atoms. The number of carbonyl (C=O) groups is 1. The highest BCUT2D eigenvalue weighted by molar-refractivity contribution is 5.70. The molecule has 0 saturated heterocycles. The predicted octanol–water partition coefficient (Wildman–Crippen LogP) is 2.54. The van der Waals surface area contributed by atoms with Crippen molar-refractivity contribution in [1.82, 2.24) is 0 Å². The Morgan fingerprint density at radius 1 is 1.31 bits per heavy atom. The summed E-state index contributed by atoms with van der Waals surface area (Å²) in [5.74, 6) is 0.319. The van der Waals surface area contributed by atoms with Gasteiger partial charge >= 0.3 is 5.97 Å². The van der Waals surface area contributed by atoms with Gasteiger partial charge in [0.25, 0.3) is 0 Å². The maximum absolute atomic E-state index is 10.9. The van der Waals surface area contributed by atoms with Crippen molar-refractivity contribution in [1.29, 1.82) is 0 Å². The molecule has 0 bridgehead atoms. The molecule has 0 atom stereocenters. The summed E-state index contributed by atoms with van der Waals surface area (Å²) in [7, 11) is 1.34. The Kier molecular flexibility index (Phi) is 3.93. The largest absolute Gasteiger partial charge is 0.482 e. The Morgan fingerprint density at radius 3 is 2.56 bits per heavy atom. The monoisotopic (exact) mass is 222 g/mol. The average Bonchev–Trinajstić information content (AvgIpc) is 2.25. The topological polar surface area (TPSA) is 35.5 Å². The summed E-state index contributed by atoms with van der Waals surface area (Å²) in [4.78, 5) is 10.9. The van der Waals surface area contributed by atoms with Crippen molar-refractivity contribution in [3.8, 4) is 5.75 Å². The van der Waals surface area contributed by atoms with E-state index in [9.17, 15) is 4.79 Å². The fraction of sp³-hybridized carbons (Fsp3) is 0.462. The number of esters is 1. The Labute approximate surface area is 96.4 Å². The van der Waals surface area contributed by atoms with Crippen LogP contribution in [0, 0.1) is 0 Å². The Hall–Kier alpha value is -1.51. The van der Waals surface area contributed by atoms with E-state index < -0.39 is 0 Å². The minimum atomic E-state index is -0.374. The van der Waals surface area contributed by atoms with Crippen LogP contribution in [0.4, 0.5) is 0 Å². The van der Waals surface area contributed by atoms with Gasteiger partial charge in [-0.05, 0) is 23.1 Å². The van der Waals surface area contributed by atoms with Crippen LogP contribution < -0.4 is 4.74 Å². The molecule has 3 heteroatoms. The van der Waals surface area contributed by atoms with Crippen LogP contribution in [0.5, 0.6) is 5.75 Å². The lowest BCUT2D eigenvalue weighted by molar-refractivity contribution is -0.142. The third-order valence-electron chi connectivity index (χ3n) is 2.28. The second kappa shape index (κ2) is 5.01. The number of benzene rings is 1. The molecule has 0 radical (unpaired) electrons. The zero-order valence-electron chi connectivity index (χ0n) is 10.2. The highest BCUT2D eigenvalue weighted by Crippen LogP contribution is 2.25. The van der Waals surface area contributed by atoms with E-state index in [-0.39, 0.29) is 18.0 Å². The van der Waals surface area contributed by atoms with E-state index in [1.807, 2.05) is 24.3 Å². The Morgan fingerprint density at radius 2 is 2.00 bits per heavy atom. The van der Waals surface area contributed by atoms with Crippen molar-refractivity contribution >= 4 is 5.97 Å². The van der Waals surface area contributed by atoms with Crippen LogP contribution in [0.2, 0.25) is 0 Å². The Balaban J connectivity index is 2.72. The molecule has 3 nitrogen and oxygen atoms in total. The molecule has 1 aromatic carbocycles. The number of hydrogen-bond donors (Lipinski definition) is 0. The van der Waals surface area contributed by atoms with Gasteiger partial charge < -0.3 is 9.47 Å². The van der Waals surface area contributed by atoms with Crippen LogP contribution in [-0.4, -0.2) is 19.7 Å². The van der Waals surface area contributed by atoms with E-state index in [1.165, 1.54) is 12.7 Å². The van der Waals surface area contributed by atoms with E-state index in [2.05, 4.69) is 25.5 Å². The quantitative estimate of drug-likeness (QED) is 0.737. The molecule has 0 amide bonds. The lowest BCUT2D eigenvalue weighted by Gasteiger charge is -2.19. The summed E-state index contributed by atoms with van der Waals surface area (Å²) < 4.78 is 9.83. The van der Waals surface area contributed by atoms with Crippen molar-refractivity contribution in [3.63, 3.8) is 0 Å². The average molecular weight is 222 g/mol. The molecule has 88 valence electrons. The van der Waals surface area contributed by atoms with Crippen LogP contribution in [0.1, 0.15) is 26.3 Å². The van der Waals surface area contributed by atoms with Gasteiger partial charge in [-0.25, -0.2) is 4.79 Å². The maximum atomic E-state index is 10.9. The minimum absolute atomic E-state index is 0.0515. The molecule has 0 aliphatic rings. The third-order valence-corrected chi connectivity index (χ3v) is 2.28. The molecule has 0 unspecified atom stereocenters. The molecular formula is C13H18O3. The number of carbonyl (C=O) groups excluding carboxylic acids is 1. The second-order valence-corrected chi connectivity index (χ2v) is 4.64. The number of ether oxygens (including phenoxy) is 2. The third kappa shape index (κ3) is 3.57. The summed E-state index contributed by atoms with van der Waals surface area (Å²) in [6, 6.07) is 7.75. The molecule has 1 aromatic rings. The number of methoxy groups -OCH3 is 1. The van der Waals surface area contributed by atoms with Crippen LogP contribution in [-0.2, 0) is 14.9 Å². The van der Waals surface area contributed by atoms with Gasteiger partial charge in [0.1, 0.15) is 5.75 Å². The van der Waals surface area contributed by atoms with Crippen molar-refractivity contribution in [2.24, 2.45) is 0 Å². The molecule has 1 rings (SSSR count). The smallest absolute Gasteiger partial charge is 0.343 e. The molecule has 0 aromatic heterocycles. The summed E-state index contributed by atoms with van der Waals surface area (Å²) >= 11 is 0. The van der Waals surface area contributed by atoms with Gasteiger partial charge in [0, 0.05) is 0 Å². The molecule has 0 N–H and O–H groups in total. The van der Waals surface area contributed by atoms with E-state index in [4.69, 9.17) is 4.74 Å². The van der Waals surface area contributed by atoms with Gasteiger partial charge in [-0.1, -0.05) is 32.9 Å². The first-order valence-electron chi connectivity index (χ1n) is 5.23. The van der Waals surface area contributed by atoms with Gasteiger partial charge in [-0.3, -0.25) is 0 Å². The maximum Gasteiger partial charge on any atom is 0.343 e. The lowest BCUT2D eigenvalue weighted by Crippen LogP contribution is -2.14. The van der Waals surface area contributed by atoms with Gasteiger partial charge in [0.15, 0.2) is 6.61 Å². The first kappa shape index (κ1) is 12.6. The summed E-state index contributed by atoms with van der Waals surface area (Å²) in [6.45, 7) is 6.34. The van der Waals surface area contributed by atoms with Crippen LogP contribution in [0.15, 0.2) is 24.3 Å². The SMILES string of the molecule is COC(=O)COc1cccc(C(C)(C)C)c1. The summed E-state index contributed by atoms with van der Waals surface area (Å²) in [5.41, 5.74) is 1.25. The summed E-state index contributed by atoms with van der Waals surface area (Å²) in [6.07, 6.45) is 0. The fourth-order valence-corrected chi connectivity index (χ4v) is 1.25. The highest BCUT2D eigenvalue weighted by atomic mass is 16.6. The van der Waals surface area contributed by atoms with Crippen molar-refractivity contribution in [2.75, 3.05) is 13.7 Å². The predicted molar refractivity (Wildman–Crippen MR) is 62.7 cm³/mol. The molecular weight excluding hydrogens is 204 g/mol. The van der Waals surface area contributed by atoms with Crippen molar-refractivity contribution < 1.29 is 14.3 Å². The fourth-order valence-electron chi connectivity index (χ4n) is 1.25. The molecule has 0 heterocycles. The van der Waals surface area contributed by atoms with E-state index in [1.54, 1.807) is 0 Å². The first-order valence-corrected chi connectivity index (χ1v) is 5.23. The molecule has 0 spiro atoms. The Bertz CT molecular complexity index is 364. The molecule has 0 saturated carbocycles. The highest BCUT2D eigenvalue weighted by Gasteiger charge is 2.14. The van der Waals surface area contributed by atoms with Crippen molar-refractivity contribution in [3.05, 3.63) is 29.8 Å². The van der Waals surface area contributed by atoms with E-state index >= 15 is 0 Å². The standard InChI is InChI=1S/C13H18O3/c1-13(2,3)10-6-5-7-11(8-10)16-9-12(14)15-4/h5-8H,9H2,1-4H3. The first-order chi connectivity index (χ1) is 7.43. The van der Waals surface area contributed by atoms with Crippen LogP contribution in [0.3, 0.4) is 0 Å². The molecule has 0 aliphatic heterocycles. The van der Waals surface area contributed by atoms with Gasteiger partial charge in [-0.15, -0.1) is 0 Å². The number of hydrogen-bond acceptors (Lipinski definition) is 3. The lowest BCUT2D eigenvalue weighted by atomic mass is 9.87. The van der Waals surface area contributed by atoms with Crippen LogP contribution in [0.25, 0.3) is 0 Å². The number of rotatable bonds is 3. The molecule has 0 aliphatic carbocycles. The van der Waals surface area contributed by atoms with E-state index in [0.717, 1.165) is 0 Å². The summed E-state index contributed by atoms with van der Waals surface area (Å²) in [5, 5.41) is 0. The normalized spacial score (nSPS) is 11.0. The second-order valence-electron chi connectivity index (χ2n) is 4.64. The zero-order chi connectivity index (χ0) is 12.2. The van der Waals surface area contributed by atoms with Gasteiger partial charge in [0.05, 0.1) is 7.11 Å². The zero-order valence-corrected chi connectivity index (χ0v) is 10.2. The van der Waals surface area contributed by atoms with Gasteiger partial charge in [0.2, 0.25) is 0 Å².